The minimum absolute atomic E-state index is 0.000485. The lowest BCUT2D eigenvalue weighted by atomic mass is 9.68. The van der Waals surface area contributed by atoms with Gasteiger partial charge in [0.05, 0.1) is 12.5 Å². The molecule has 8 heteroatoms. The predicted molar refractivity (Wildman–Crippen MR) is 163 cm³/mol. The average molecular weight is 563 g/mol. The molecule has 2 atom stereocenters. The standard InChI is InChI=1S/C33H50N6O2/c1-8-38(9-2)29(40)20-37-18-26(27(19-37)32(41)34-28-13-10-21(3)14-22(28)4)31-36-35-30(39(31)25-11-12-25)24-15-23(16-24)17-33(5,6)7/h10,13-14,23-27H,8-9,11-12,15-20H2,1-7H3,(H,34,41)/t23-,24+,26-,27-/m0/s1. The quantitative estimate of drug-likeness (QED) is 0.403. The van der Waals surface area contributed by atoms with E-state index in [-0.39, 0.29) is 23.7 Å². The van der Waals surface area contributed by atoms with Crippen molar-refractivity contribution in [2.75, 3.05) is 38.0 Å². The highest BCUT2D eigenvalue weighted by atomic mass is 16.2. The Bertz CT molecular complexity index is 1250. The first-order chi connectivity index (χ1) is 19.5. The van der Waals surface area contributed by atoms with Crippen LogP contribution in [-0.4, -0.2) is 69.1 Å². The van der Waals surface area contributed by atoms with Crippen molar-refractivity contribution in [2.24, 2.45) is 17.3 Å². The Labute approximate surface area is 246 Å². The predicted octanol–water partition coefficient (Wildman–Crippen LogP) is 5.68. The third-order valence-corrected chi connectivity index (χ3v) is 9.34. The molecule has 3 aliphatic rings. The van der Waals surface area contributed by atoms with Crippen LogP contribution in [-0.2, 0) is 9.59 Å². The van der Waals surface area contributed by atoms with Crippen molar-refractivity contribution in [1.29, 1.82) is 0 Å². The number of benzene rings is 1. The van der Waals surface area contributed by atoms with Crippen LogP contribution in [0.5, 0.6) is 0 Å². The van der Waals surface area contributed by atoms with Crippen LogP contribution in [0.3, 0.4) is 0 Å². The average Bonchev–Trinajstić information content (AvgIpc) is 3.49. The first-order valence-electron chi connectivity index (χ1n) is 15.8. The van der Waals surface area contributed by atoms with Gasteiger partial charge in [0.2, 0.25) is 11.8 Å². The van der Waals surface area contributed by atoms with E-state index in [1.165, 1.54) is 24.8 Å². The summed E-state index contributed by atoms with van der Waals surface area (Å²) in [4.78, 5) is 31.0. The maximum atomic E-state index is 13.9. The number of nitrogens with one attached hydrogen (secondary N) is 1. The molecular formula is C33H50N6O2. The molecule has 2 heterocycles. The molecule has 0 unspecified atom stereocenters. The molecule has 5 rings (SSSR count). The minimum atomic E-state index is -0.301. The van der Waals surface area contributed by atoms with Crippen LogP contribution in [0.4, 0.5) is 5.69 Å². The zero-order chi connectivity index (χ0) is 29.5. The topological polar surface area (TPSA) is 83.4 Å². The van der Waals surface area contributed by atoms with E-state index in [9.17, 15) is 9.59 Å². The van der Waals surface area contributed by atoms with Gasteiger partial charge in [-0.05, 0) is 82.8 Å². The Morgan fingerprint density at radius 1 is 1.02 bits per heavy atom. The molecule has 0 spiro atoms. The molecule has 1 aromatic carbocycles. The molecule has 2 aromatic rings. The van der Waals surface area contributed by atoms with Crippen molar-refractivity contribution < 1.29 is 9.59 Å². The van der Waals surface area contributed by atoms with Gasteiger partial charge in [-0.25, -0.2) is 0 Å². The minimum Gasteiger partial charge on any atom is -0.342 e. The van der Waals surface area contributed by atoms with Crippen LogP contribution in [0.1, 0.15) is 107 Å². The van der Waals surface area contributed by atoms with Crippen molar-refractivity contribution in [2.45, 2.75) is 98.4 Å². The monoisotopic (exact) mass is 562 g/mol. The summed E-state index contributed by atoms with van der Waals surface area (Å²) < 4.78 is 2.41. The van der Waals surface area contributed by atoms with E-state index in [1.807, 2.05) is 37.8 Å². The lowest BCUT2D eigenvalue weighted by Gasteiger charge is -2.38. The summed E-state index contributed by atoms with van der Waals surface area (Å²) in [7, 11) is 0. The van der Waals surface area contributed by atoms with E-state index in [0.29, 0.717) is 50.1 Å². The van der Waals surface area contributed by atoms with Gasteiger partial charge in [0, 0.05) is 49.7 Å². The Balaban J connectivity index is 1.40. The second kappa shape index (κ2) is 11.9. The fourth-order valence-electron chi connectivity index (χ4n) is 7.12. The number of carbonyl (C=O) groups is 2. The van der Waals surface area contributed by atoms with Gasteiger partial charge in [0.25, 0.3) is 0 Å². The Kier molecular flexibility index (Phi) is 8.61. The maximum Gasteiger partial charge on any atom is 0.236 e. The van der Waals surface area contributed by atoms with E-state index < -0.39 is 0 Å². The normalized spacial score (nSPS) is 24.8. The van der Waals surface area contributed by atoms with Gasteiger partial charge < -0.3 is 14.8 Å². The van der Waals surface area contributed by atoms with E-state index in [1.54, 1.807) is 0 Å². The lowest BCUT2D eigenvalue weighted by Crippen LogP contribution is -2.39. The highest BCUT2D eigenvalue weighted by Gasteiger charge is 2.46. The van der Waals surface area contributed by atoms with Crippen molar-refractivity contribution in [3.8, 4) is 0 Å². The SMILES string of the molecule is CCN(CC)C(=O)CN1C[C@H](C(=O)Nc2ccc(C)cc2C)[C@@H](c2nnc([C@H]3C[C@@H](CC(C)(C)C)C3)n2C2CC2)C1. The Morgan fingerprint density at radius 2 is 1.71 bits per heavy atom. The van der Waals surface area contributed by atoms with Crippen molar-refractivity contribution in [1.82, 2.24) is 24.6 Å². The highest BCUT2D eigenvalue weighted by Crippen LogP contribution is 2.49. The number of rotatable bonds is 10. The fourth-order valence-corrected chi connectivity index (χ4v) is 7.12. The molecule has 8 nitrogen and oxygen atoms in total. The number of hydrogen-bond acceptors (Lipinski definition) is 5. The molecule has 0 radical (unpaired) electrons. The second-order valence-corrected chi connectivity index (χ2v) is 14.1. The second-order valence-electron chi connectivity index (χ2n) is 14.1. The van der Waals surface area contributed by atoms with Crippen molar-refractivity contribution >= 4 is 17.5 Å². The number of aryl methyl sites for hydroxylation is 2. The molecule has 1 saturated heterocycles. The summed E-state index contributed by atoms with van der Waals surface area (Å²) in [6, 6.07) is 6.55. The number of aromatic nitrogens is 3. The summed E-state index contributed by atoms with van der Waals surface area (Å²) >= 11 is 0. The molecule has 224 valence electrons. The number of anilines is 1. The van der Waals surface area contributed by atoms with Crippen molar-refractivity contribution in [3.63, 3.8) is 0 Å². The van der Waals surface area contributed by atoms with Crippen LogP contribution in [0.15, 0.2) is 18.2 Å². The summed E-state index contributed by atoms with van der Waals surface area (Å²) in [6.07, 6.45) is 5.88. The Hall–Kier alpha value is -2.74. The van der Waals surface area contributed by atoms with Gasteiger partial charge in [-0.2, -0.15) is 0 Å². The number of carbonyl (C=O) groups excluding carboxylic acids is 2. The summed E-state index contributed by atoms with van der Waals surface area (Å²) in [5.74, 6) is 2.99. The van der Waals surface area contributed by atoms with Gasteiger partial charge in [-0.3, -0.25) is 14.5 Å². The number of likely N-dealkylation sites (tertiary alicyclic amines) is 1. The number of likely N-dealkylation sites (N-methyl/N-ethyl adjacent to an activating group) is 1. The highest BCUT2D eigenvalue weighted by molar-refractivity contribution is 5.94. The zero-order valence-corrected chi connectivity index (χ0v) is 26.2. The summed E-state index contributed by atoms with van der Waals surface area (Å²) in [6.45, 7) is 18.0. The maximum absolute atomic E-state index is 13.9. The molecule has 1 N–H and O–H groups in total. The lowest BCUT2D eigenvalue weighted by molar-refractivity contribution is -0.132. The van der Waals surface area contributed by atoms with Gasteiger partial charge in [0.1, 0.15) is 11.6 Å². The van der Waals surface area contributed by atoms with Gasteiger partial charge in [-0.15, -0.1) is 10.2 Å². The smallest absolute Gasteiger partial charge is 0.236 e. The molecule has 2 saturated carbocycles. The van der Waals surface area contributed by atoms with E-state index in [2.05, 4.69) is 48.5 Å². The first kappa shape index (κ1) is 29.7. The third kappa shape index (κ3) is 6.68. The van der Waals surface area contributed by atoms with Crippen LogP contribution in [0, 0.1) is 31.1 Å². The van der Waals surface area contributed by atoms with E-state index in [0.717, 1.165) is 41.7 Å². The number of nitrogens with zero attached hydrogens (tertiary/aromatic N) is 5. The fraction of sp³-hybridized carbons (Fsp3) is 0.697. The molecule has 2 amide bonds. The molecule has 1 aliphatic heterocycles. The largest absolute Gasteiger partial charge is 0.342 e. The Morgan fingerprint density at radius 3 is 2.32 bits per heavy atom. The van der Waals surface area contributed by atoms with Crippen LogP contribution < -0.4 is 5.32 Å². The number of hydrogen-bond donors (Lipinski definition) is 1. The molecule has 3 fully saturated rings. The van der Waals surface area contributed by atoms with Crippen LogP contribution in [0.2, 0.25) is 0 Å². The summed E-state index contributed by atoms with van der Waals surface area (Å²) in [5, 5.41) is 12.9. The number of amides is 2. The molecule has 2 aliphatic carbocycles. The van der Waals surface area contributed by atoms with Crippen molar-refractivity contribution in [3.05, 3.63) is 41.0 Å². The molecule has 41 heavy (non-hydrogen) atoms. The molecule has 0 bridgehead atoms. The van der Waals surface area contributed by atoms with Gasteiger partial charge in [0.15, 0.2) is 0 Å². The van der Waals surface area contributed by atoms with E-state index in [4.69, 9.17) is 10.2 Å². The van der Waals surface area contributed by atoms with E-state index >= 15 is 0 Å². The molecule has 1 aromatic heterocycles. The zero-order valence-electron chi connectivity index (χ0n) is 26.2. The van der Waals surface area contributed by atoms with Gasteiger partial charge in [-0.1, -0.05) is 38.5 Å². The van der Waals surface area contributed by atoms with Gasteiger partial charge >= 0.3 is 0 Å². The summed E-state index contributed by atoms with van der Waals surface area (Å²) in [5.41, 5.74) is 3.42. The van der Waals surface area contributed by atoms with Crippen LogP contribution >= 0.6 is 0 Å². The molecular weight excluding hydrogens is 512 g/mol. The van der Waals surface area contributed by atoms with Crippen LogP contribution in [0.25, 0.3) is 0 Å². The third-order valence-electron chi connectivity index (χ3n) is 9.34. The first-order valence-corrected chi connectivity index (χ1v) is 15.8.